The van der Waals surface area contributed by atoms with Gasteiger partial charge in [0.25, 0.3) is 0 Å². The Kier molecular flexibility index (Phi) is 4.80. The van der Waals surface area contributed by atoms with E-state index in [0.717, 1.165) is 12.1 Å². The minimum atomic E-state index is -4.06. The zero-order valence-corrected chi connectivity index (χ0v) is 13.5. The first-order valence-electron chi connectivity index (χ1n) is 6.38. The Morgan fingerprint density at radius 3 is 2.00 bits per heavy atom. The van der Waals surface area contributed by atoms with E-state index in [0.29, 0.717) is 0 Å². The molecule has 0 aliphatic rings. The van der Waals surface area contributed by atoms with Gasteiger partial charge in [0, 0.05) is 0 Å². The fourth-order valence-corrected chi connectivity index (χ4v) is 3.98. The molecule has 0 aliphatic carbocycles. The normalized spacial score (nSPS) is 14.0. The molecule has 0 saturated heterocycles. The lowest BCUT2D eigenvalue weighted by molar-refractivity contribution is -0.141. The van der Waals surface area contributed by atoms with E-state index in [2.05, 4.69) is 4.72 Å². The summed E-state index contributed by atoms with van der Waals surface area (Å²) in [7, 11) is -4.06. The fraction of sp³-hybridized carbons (Fsp3) is 0.500. The van der Waals surface area contributed by atoms with Crippen molar-refractivity contribution in [2.24, 2.45) is 5.41 Å². The predicted molar refractivity (Wildman–Crippen MR) is 77.1 cm³/mol. The molecule has 0 saturated carbocycles. The maximum absolute atomic E-state index is 13.3. The molecule has 1 atom stereocenters. The molecule has 2 N–H and O–H groups in total. The van der Waals surface area contributed by atoms with Crippen LogP contribution in [0.15, 0.2) is 17.0 Å². The summed E-state index contributed by atoms with van der Waals surface area (Å²) in [5, 5.41) is 9.21. The smallest absolute Gasteiger partial charge is 0.322 e. The van der Waals surface area contributed by atoms with Gasteiger partial charge in [-0.2, -0.15) is 4.72 Å². The Hall–Kier alpha value is -1.47. The van der Waals surface area contributed by atoms with Gasteiger partial charge in [-0.1, -0.05) is 20.8 Å². The van der Waals surface area contributed by atoms with Crippen LogP contribution in [0.25, 0.3) is 0 Å². The van der Waals surface area contributed by atoms with Crippen LogP contribution in [0.1, 0.15) is 31.9 Å². The van der Waals surface area contributed by atoms with Crippen LogP contribution < -0.4 is 4.72 Å². The topological polar surface area (TPSA) is 83.5 Å². The van der Waals surface area contributed by atoms with Crippen LogP contribution in [0.2, 0.25) is 0 Å². The highest BCUT2D eigenvalue weighted by Crippen LogP contribution is 2.25. The molecule has 0 fully saturated rings. The van der Waals surface area contributed by atoms with Crippen LogP contribution >= 0.6 is 0 Å². The number of nitrogens with one attached hydrogen (secondary N) is 1. The number of aryl methyl sites for hydroxylation is 2. The molecule has 0 aromatic heterocycles. The van der Waals surface area contributed by atoms with Gasteiger partial charge >= 0.3 is 5.97 Å². The number of aliphatic carboxylic acids is 1. The summed E-state index contributed by atoms with van der Waals surface area (Å²) in [6.07, 6.45) is 0. The Labute approximate surface area is 124 Å². The van der Waals surface area contributed by atoms with Crippen LogP contribution in [0.5, 0.6) is 0 Å². The summed E-state index contributed by atoms with van der Waals surface area (Å²) < 4.78 is 40.4. The van der Waals surface area contributed by atoms with Crippen molar-refractivity contribution in [3.05, 3.63) is 29.1 Å². The molecule has 1 aromatic rings. The summed E-state index contributed by atoms with van der Waals surface area (Å²) in [5.41, 5.74) is -0.336. The molecule has 0 aliphatic heterocycles. The number of carbonyl (C=O) groups is 1. The Balaban J connectivity index is 3.33. The molecule has 118 valence electrons. The molecule has 1 unspecified atom stereocenters. The number of hydrogen-bond acceptors (Lipinski definition) is 3. The summed E-state index contributed by atoms with van der Waals surface area (Å²) in [6.45, 7) is 7.81. The highest BCUT2D eigenvalue weighted by Gasteiger charge is 2.36. The maximum atomic E-state index is 13.3. The molecule has 0 spiro atoms. The monoisotopic (exact) mass is 317 g/mol. The molecule has 0 amide bonds. The highest BCUT2D eigenvalue weighted by atomic mass is 32.2. The number of benzene rings is 1. The number of sulfonamides is 1. The van der Waals surface area contributed by atoms with Crippen LogP contribution in [0.4, 0.5) is 4.39 Å². The predicted octanol–water partition coefficient (Wildman–Crippen LogP) is 2.22. The van der Waals surface area contributed by atoms with Crippen molar-refractivity contribution in [1.29, 1.82) is 0 Å². The van der Waals surface area contributed by atoms with Gasteiger partial charge in [-0.05, 0) is 42.5 Å². The molecule has 7 heteroatoms. The second-order valence-electron chi connectivity index (χ2n) is 6.13. The van der Waals surface area contributed by atoms with Crippen molar-refractivity contribution in [3.63, 3.8) is 0 Å². The molecule has 21 heavy (non-hydrogen) atoms. The second kappa shape index (κ2) is 5.73. The van der Waals surface area contributed by atoms with Gasteiger partial charge in [0.2, 0.25) is 10.0 Å². The van der Waals surface area contributed by atoms with E-state index in [4.69, 9.17) is 0 Å². The molecule has 0 bridgehead atoms. The average Bonchev–Trinajstić information content (AvgIpc) is 2.21. The van der Waals surface area contributed by atoms with Gasteiger partial charge in [0.15, 0.2) is 0 Å². The molecule has 1 rings (SSSR count). The van der Waals surface area contributed by atoms with Crippen LogP contribution in [0.3, 0.4) is 0 Å². The van der Waals surface area contributed by atoms with Crippen molar-refractivity contribution < 1.29 is 22.7 Å². The first-order valence-corrected chi connectivity index (χ1v) is 7.86. The van der Waals surface area contributed by atoms with Crippen molar-refractivity contribution in [1.82, 2.24) is 4.72 Å². The zero-order valence-electron chi connectivity index (χ0n) is 12.7. The largest absolute Gasteiger partial charge is 0.480 e. The van der Waals surface area contributed by atoms with Crippen LogP contribution in [-0.4, -0.2) is 25.5 Å². The molecule has 1 aromatic carbocycles. The first-order chi connectivity index (χ1) is 9.36. The fourth-order valence-electron chi connectivity index (χ4n) is 2.13. The van der Waals surface area contributed by atoms with Crippen LogP contribution in [0, 0.1) is 25.1 Å². The number of carboxylic acid groups (broad SMARTS) is 1. The Bertz CT molecular complexity index is 639. The summed E-state index contributed by atoms with van der Waals surface area (Å²) in [5.74, 6) is -1.79. The van der Waals surface area contributed by atoms with Crippen molar-refractivity contribution in [2.45, 2.75) is 45.6 Å². The van der Waals surface area contributed by atoms with Gasteiger partial charge in [0.1, 0.15) is 11.9 Å². The highest BCUT2D eigenvalue weighted by molar-refractivity contribution is 7.89. The van der Waals surface area contributed by atoms with E-state index in [9.17, 15) is 22.7 Å². The van der Waals surface area contributed by atoms with E-state index >= 15 is 0 Å². The SMILES string of the molecule is Cc1cc(F)cc(C)c1S(=O)(=O)NC(C(=O)O)C(C)(C)C. The summed E-state index contributed by atoms with van der Waals surface area (Å²) in [4.78, 5) is 11.2. The van der Waals surface area contributed by atoms with Crippen LogP contribution in [-0.2, 0) is 14.8 Å². The lowest BCUT2D eigenvalue weighted by atomic mass is 9.88. The van der Waals surface area contributed by atoms with Gasteiger partial charge in [-0.25, -0.2) is 12.8 Å². The van der Waals surface area contributed by atoms with E-state index < -0.39 is 33.3 Å². The van der Waals surface area contributed by atoms with Gasteiger partial charge in [-0.3, -0.25) is 4.79 Å². The lowest BCUT2D eigenvalue weighted by Gasteiger charge is -2.28. The van der Waals surface area contributed by atoms with Crippen molar-refractivity contribution in [2.75, 3.05) is 0 Å². The lowest BCUT2D eigenvalue weighted by Crippen LogP contribution is -2.49. The minimum Gasteiger partial charge on any atom is -0.480 e. The molecular formula is C14H20FNO4S. The van der Waals surface area contributed by atoms with E-state index in [-0.39, 0.29) is 16.0 Å². The number of halogens is 1. The number of carboxylic acids is 1. The molecular weight excluding hydrogens is 297 g/mol. The van der Waals surface area contributed by atoms with E-state index in [1.54, 1.807) is 20.8 Å². The zero-order chi connectivity index (χ0) is 16.6. The van der Waals surface area contributed by atoms with Gasteiger partial charge in [0.05, 0.1) is 4.90 Å². The molecule has 0 heterocycles. The molecule has 5 nitrogen and oxygen atoms in total. The van der Waals surface area contributed by atoms with Gasteiger partial charge < -0.3 is 5.11 Å². The first kappa shape index (κ1) is 17.6. The Morgan fingerprint density at radius 1 is 1.24 bits per heavy atom. The third-order valence-corrected chi connectivity index (χ3v) is 4.81. The van der Waals surface area contributed by atoms with E-state index in [1.165, 1.54) is 13.8 Å². The maximum Gasteiger partial charge on any atom is 0.322 e. The van der Waals surface area contributed by atoms with Gasteiger partial charge in [-0.15, -0.1) is 0 Å². The third kappa shape index (κ3) is 4.01. The Morgan fingerprint density at radius 2 is 1.67 bits per heavy atom. The number of hydrogen-bond donors (Lipinski definition) is 2. The molecule has 0 radical (unpaired) electrons. The van der Waals surface area contributed by atoms with E-state index in [1.807, 2.05) is 0 Å². The summed E-state index contributed by atoms with van der Waals surface area (Å²) >= 11 is 0. The van der Waals surface area contributed by atoms with Crippen molar-refractivity contribution in [3.8, 4) is 0 Å². The third-order valence-electron chi connectivity index (χ3n) is 3.08. The second-order valence-corrected chi connectivity index (χ2v) is 7.78. The number of rotatable bonds is 4. The van der Waals surface area contributed by atoms with Crippen molar-refractivity contribution >= 4 is 16.0 Å². The average molecular weight is 317 g/mol. The standard InChI is InChI=1S/C14H20FNO4S/c1-8-6-10(15)7-9(2)11(8)21(19,20)16-12(13(17)18)14(3,4)5/h6-7,12,16H,1-5H3,(H,17,18). The summed E-state index contributed by atoms with van der Waals surface area (Å²) in [6, 6.07) is 0.925. The minimum absolute atomic E-state index is 0.0839. The quantitative estimate of drug-likeness (QED) is 0.892.